The molecule has 14 heavy (non-hydrogen) atoms. The average molecular weight is 190 g/mol. The van der Waals surface area contributed by atoms with Crippen molar-refractivity contribution < 1.29 is 4.52 Å². The summed E-state index contributed by atoms with van der Waals surface area (Å²) in [5.41, 5.74) is 0.896. The molecule has 0 spiro atoms. The minimum atomic E-state index is 0.395. The maximum absolute atomic E-state index is 5.17. The van der Waals surface area contributed by atoms with Gasteiger partial charge < -0.3 is 14.8 Å². The predicted octanol–water partition coefficient (Wildman–Crippen LogP) is 0.751. The number of rotatable bonds is 2. The van der Waals surface area contributed by atoms with E-state index in [9.17, 15) is 0 Å². The highest BCUT2D eigenvalue weighted by atomic mass is 16.5. The molecule has 5 heteroatoms. The van der Waals surface area contributed by atoms with Gasteiger partial charge in [-0.2, -0.15) is 4.98 Å². The van der Waals surface area contributed by atoms with Crippen molar-refractivity contribution in [1.82, 2.24) is 20.4 Å². The van der Waals surface area contributed by atoms with Gasteiger partial charge in [0.1, 0.15) is 0 Å². The van der Waals surface area contributed by atoms with E-state index >= 15 is 0 Å². The van der Waals surface area contributed by atoms with Crippen LogP contribution in [0.2, 0.25) is 0 Å². The normalized spacial score (nSPS) is 16.9. The van der Waals surface area contributed by atoms with Gasteiger partial charge in [-0.15, -0.1) is 0 Å². The van der Waals surface area contributed by atoms with Crippen LogP contribution in [0.3, 0.4) is 0 Å². The molecular formula is C9H10N4O. The summed E-state index contributed by atoms with van der Waals surface area (Å²) in [5, 5.41) is 7.08. The zero-order valence-corrected chi connectivity index (χ0v) is 7.53. The summed E-state index contributed by atoms with van der Waals surface area (Å²) < 4.78 is 5.17. The number of hydrogen-bond donors (Lipinski definition) is 2. The third-order valence-electron chi connectivity index (χ3n) is 2.41. The lowest BCUT2D eigenvalue weighted by Crippen LogP contribution is -2.40. The molecule has 0 saturated carbocycles. The summed E-state index contributed by atoms with van der Waals surface area (Å²) in [6.45, 7) is 1.87. The summed E-state index contributed by atoms with van der Waals surface area (Å²) in [6, 6.07) is 3.84. The molecular weight excluding hydrogens is 180 g/mol. The van der Waals surface area contributed by atoms with Crippen LogP contribution in [0.15, 0.2) is 22.9 Å². The Morgan fingerprint density at radius 1 is 1.43 bits per heavy atom. The van der Waals surface area contributed by atoms with Crippen molar-refractivity contribution in [3.8, 4) is 11.5 Å². The molecule has 0 atom stereocenters. The molecule has 2 aromatic heterocycles. The van der Waals surface area contributed by atoms with E-state index in [4.69, 9.17) is 4.52 Å². The monoisotopic (exact) mass is 190 g/mol. The highest BCUT2D eigenvalue weighted by Gasteiger charge is 2.25. The van der Waals surface area contributed by atoms with E-state index in [1.54, 1.807) is 0 Å². The Morgan fingerprint density at radius 3 is 3.00 bits per heavy atom. The van der Waals surface area contributed by atoms with Crippen molar-refractivity contribution in [2.45, 2.75) is 5.92 Å². The number of aromatic amines is 1. The highest BCUT2D eigenvalue weighted by molar-refractivity contribution is 5.47. The fourth-order valence-corrected chi connectivity index (χ4v) is 1.44. The van der Waals surface area contributed by atoms with Crippen molar-refractivity contribution in [3.63, 3.8) is 0 Å². The Balaban J connectivity index is 1.90. The van der Waals surface area contributed by atoms with Crippen LogP contribution < -0.4 is 5.32 Å². The largest absolute Gasteiger partial charge is 0.359 e. The Kier molecular flexibility index (Phi) is 1.63. The van der Waals surface area contributed by atoms with E-state index < -0.39 is 0 Å². The Labute approximate surface area is 80.5 Å². The second-order valence-corrected chi connectivity index (χ2v) is 3.40. The van der Waals surface area contributed by atoms with Crippen LogP contribution in [0.25, 0.3) is 11.5 Å². The molecule has 1 fully saturated rings. The van der Waals surface area contributed by atoms with E-state index in [-0.39, 0.29) is 0 Å². The standard InChI is InChI=1S/C9H10N4O/c1-2-7(11-3-1)8-12-9(14-13-8)6-4-10-5-6/h1-3,6,10-11H,4-5H2. The summed E-state index contributed by atoms with van der Waals surface area (Å²) in [5.74, 6) is 1.76. The van der Waals surface area contributed by atoms with Crippen molar-refractivity contribution in [1.29, 1.82) is 0 Å². The van der Waals surface area contributed by atoms with Crippen LogP contribution in [-0.4, -0.2) is 28.2 Å². The van der Waals surface area contributed by atoms with Gasteiger partial charge in [0.05, 0.1) is 11.6 Å². The Morgan fingerprint density at radius 2 is 2.36 bits per heavy atom. The SMILES string of the molecule is c1c[nH]c(-c2noc(C3CNC3)n2)c1. The van der Waals surface area contributed by atoms with E-state index in [1.807, 2.05) is 18.3 Å². The van der Waals surface area contributed by atoms with Crippen molar-refractivity contribution >= 4 is 0 Å². The third-order valence-corrected chi connectivity index (χ3v) is 2.41. The molecule has 0 aliphatic carbocycles. The van der Waals surface area contributed by atoms with Crippen molar-refractivity contribution in [2.75, 3.05) is 13.1 Å². The molecule has 0 radical (unpaired) electrons. The van der Waals surface area contributed by atoms with Crippen LogP contribution in [0, 0.1) is 0 Å². The van der Waals surface area contributed by atoms with Gasteiger partial charge in [0.15, 0.2) is 0 Å². The summed E-state index contributed by atoms with van der Waals surface area (Å²) in [6.07, 6.45) is 1.84. The second-order valence-electron chi connectivity index (χ2n) is 3.40. The Hall–Kier alpha value is -1.62. The van der Waals surface area contributed by atoms with Crippen LogP contribution >= 0.6 is 0 Å². The fraction of sp³-hybridized carbons (Fsp3) is 0.333. The third kappa shape index (κ3) is 1.13. The minimum absolute atomic E-state index is 0.395. The second kappa shape index (κ2) is 2.95. The summed E-state index contributed by atoms with van der Waals surface area (Å²) in [7, 11) is 0. The number of hydrogen-bond acceptors (Lipinski definition) is 4. The zero-order chi connectivity index (χ0) is 9.38. The molecule has 0 aromatic carbocycles. The highest BCUT2D eigenvalue weighted by Crippen LogP contribution is 2.20. The molecule has 3 heterocycles. The van der Waals surface area contributed by atoms with Crippen LogP contribution in [0.1, 0.15) is 11.8 Å². The molecule has 1 aliphatic rings. The van der Waals surface area contributed by atoms with E-state index in [1.165, 1.54) is 0 Å². The molecule has 72 valence electrons. The molecule has 0 amide bonds. The molecule has 3 rings (SSSR count). The van der Waals surface area contributed by atoms with Crippen molar-refractivity contribution in [3.05, 3.63) is 24.2 Å². The number of nitrogens with zero attached hydrogens (tertiary/aromatic N) is 2. The number of aromatic nitrogens is 3. The Bertz CT molecular complexity index is 416. The maximum Gasteiger partial charge on any atom is 0.232 e. The molecule has 5 nitrogen and oxygen atoms in total. The lowest BCUT2D eigenvalue weighted by Gasteiger charge is -2.22. The molecule has 2 N–H and O–H groups in total. The van der Waals surface area contributed by atoms with Crippen molar-refractivity contribution in [2.24, 2.45) is 0 Å². The van der Waals surface area contributed by atoms with Gasteiger partial charge in [-0.05, 0) is 12.1 Å². The molecule has 0 bridgehead atoms. The van der Waals surface area contributed by atoms with E-state index in [2.05, 4.69) is 20.4 Å². The molecule has 1 aliphatic heterocycles. The number of H-pyrrole nitrogens is 1. The minimum Gasteiger partial charge on any atom is -0.359 e. The first kappa shape index (κ1) is 7.75. The zero-order valence-electron chi connectivity index (χ0n) is 7.53. The molecule has 2 aromatic rings. The van der Waals surface area contributed by atoms with Crippen LogP contribution in [0.5, 0.6) is 0 Å². The molecule has 0 unspecified atom stereocenters. The van der Waals surface area contributed by atoms with E-state index in [0.717, 1.165) is 24.7 Å². The van der Waals surface area contributed by atoms with Gasteiger partial charge in [-0.3, -0.25) is 0 Å². The lowest BCUT2D eigenvalue weighted by atomic mass is 10.0. The van der Waals surface area contributed by atoms with Crippen LogP contribution in [-0.2, 0) is 0 Å². The summed E-state index contributed by atoms with van der Waals surface area (Å²) in [4.78, 5) is 7.37. The van der Waals surface area contributed by atoms with Gasteiger partial charge >= 0.3 is 0 Å². The fourth-order valence-electron chi connectivity index (χ4n) is 1.44. The summed E-state index contributed by atoms with van der Waals surface area (Å²) >= 11 is 0. The van der Waals surface area contributed by atoms with Gasteiger partial charge in [0.25, 0.3) is 0 Å². The molecule has 1 saturated heterocycles. The average Bonchev–Trinajstić information content (AvgIpc) is 2.65. The smallest absolute Gasteiger partial charge is 0.232 e. The lowest BCUT2D eigenvalue weighted by molar-refractivity contribution is 0.308. The van der Waals surface area contributed by atoms with Gasteiger partial charge in [-0.1, -0.05) is 5.16 Å². The van der Waals surface area contributed by atoms with Crippen LogP contribution in [0.4, 0.5) is 0 Å². The van der Waals surface area contributed by atoms with Gasteiger partial charge in [-0.25, -0.2) is 0 Å². The maximum atomic E-state index is 5.17. The first-order valence-corrected chi connectivity index (χ1v) is 4.61. The van der Waals surface area contributed by atoms with E-state index in [0.29, 0.717) is 11.7 Å². The quantitative estimate of drug-likeness (QED) is 0.733. The topological polar surface area (TPSA) is 66.7 Å². The first-order chi connectivity index (χ1) is 6.93. The predicted molar refractivity (Wildman–Crippen MR) is 49.7 cm³/mol. The first-order valence-electron chi connectivity index (χ1n) is 4.61. The van der Waals surface area contributed by atoms with Gasteiger partial charge in [0, 0.05) is 19.3 Å². The number of nitrogens with one attached hydrogen (secondary N) is 2. The van der Waals surface area contributed by atoms with Gasteiger partial charge in [0.2, 0.25) is 11.7 Å².